The van der Waals surface area contributed by atoms with Gasteiger partial charge in [-0.1, -0.05) is 20.3 Å². The number of nitrogens with two attached hydrogens (primary N) is 1. The van der Waals surface area contributed by atoms with Gasteiger partial charge >= 0.3 is 0 Å². The van der Waals surface area contributed by atoms with Crippen LogP contribution >= 0.6 is 0 Å². The van der Waals surface area contributed by atoms with Gasteiger partial charge in [-0.25, -0.2) is 0 Å². The SMILES string of the molecule is CC(C)(CN)CCN(CCO)C1CCC1. The van der Waals surface area contributed by atoms with Crippen molar-refractivity contribution in [1.82, 2.24) is 4.90 Å². The molecule has 0 unspecified atom stereocenters. The van der Waals surface area contributed by atoms with Crippen LogP contribution < -0.4 is 5.73 Å². The summed E-state index contributed by atoms with van der Waals surface area (Å²) in [7, 11) is 0. The van der Waals surface area contributed by atoms with Crippen molar-refractivity contribution in [1.29, 1.82) is 0 Å². The van der Waals surface area contributed by atoms with E-state index >= 15 is 0 Å². The van der Waals surface area contributed by atoms with Crippen molar-refractivity contribution in [3.05, 3.63) is 0 Å². The molecule has 0 saturated heterocycles. The summed E-state index contributed by atoms with van der Waals surface area (Å²) in [5.41, 5.74) is 5.95. The van der Waals surface area contributed by atoms with Gasteiger partial charge < -0.3 is 10.8 Å². The lowest BCUT2D eigenvalue weighted by atomic mass is 9.87. The van der Waals surface area contributed by atoms with E-state index in [0.717, 1.165) is 32.1 Å². The van der Waals surface area contributed by atoms with Crippen LogP contribution in [0.3, 0.4) is 0 Å². The topological polar surface area (TPSA) is 49.5 Å². The Balaban J connectivity index is 2.30. The van der Waals surface area contributed by atoms with E-state index in [-0.39, 0.29) is 12.0 Å². The van der Waals surface area contributed by atoms with Crippen LogP contribution in [0.25, 0.3) is 0 Å². The molecule has 3 nitrogen and oxygen atoms in total. The molecule has 1 saturated carbocycles. The zero-order valence-electron chi connectivity index (χ0n) is 10.2. The number of hydrogen-bond acceptors (Lipinski definition) is 3. The summed E-state index contributed by atoms with van der Waals surface area (Å²) in [6.07, 6.45) is 5.10. The molecule has 0 aromatic carbocycles. The Kier molecular flexibility index (Phi) is 5.03. The first kappa shape index (κ1) is 12.9. The van der Waals surface area contributed by atoms with Crippen molar-refractivity contribution in [2.24, 2.45) is 11.1 Å². The number of hydrogen-bond donors (Lipinski definition) is 2. The van der Waals surface area contributed by atoms with Gasteiger partial charge in [-0.2, -0.15) is 0 Å². The Labute approximate surface area is 93.6 Å². The maximum absolute atomic E-state index is 9.03. The molecule has 0 atom stereocenters. The summed E-state index contributed by atoms with van der Waals surface area (Å²) in [4.78, 5) is 2.43. The molecule has 0 aliphatic heterocycles. The highest BCUT2D eigenvalue weighted by atomic mass is 16.3. The fraction of sp³-hybridized carbons (Fsp3) is 1.00. The van der Waals surface area contributed by atoms with Crippen molar-refractivity contribution in [3.63, 3.8) is 0 Å². The highest BCUT2D eigenvalue weighted by Gasteiger charge is 2.26. The average Bonchev–Trinajstić information content (AvgIpc) is 2.12. The van der Waals surface area contributed by atoms with Gasteiger partial charge in [0.25, 0.3) is 0 Å². The smallest absolute Gasteiger partial charge is 0.0558 e. The molecule has 0 amide bonds. The van der Waals surface area contributed by atoms with Gasteiger partial charge in [0.1, 0.15) is 0 Å². The van der Waals surface area contributed by atoms with Crippen molar-refractivity contribution < 1.29 is 5.11 Å². The van der Waals surface area contributed by atoms with Crippen molar-refractivity contribution >= 4 is 0 Å². The lowest BCUT2D eigenvalue weighted by Gasteiger charge is -2.38. The second kappa shape index (κ2) is 5.83. The summed E-state index contributed by atoms with van der Waals surface area (Å²) < 4.78 is 0. The summed E-state index contributed by atoms with van der Waals surface area (Å²) in [6, 6.07) is 0.728. The minimum Gasteiger partial charge on any atom is -0.395 e. The van der Waals surface area contributed by atoms with Gasteiger partial charge in [-0.15, -0.1) is 0 Å². The fourth-order valence-corrected chi connectivity index (χ4v) is 1.91. The normalized spacial score (nSPS) is 18.2. The molecule has 90 valence electrons. The Hall–Kier alpha value is -0.120. The molecule has 0 bridgehead atoms. The van der Waals surface area contributed by atoms with Crippen LogP contribution in [0.4, 0.5) is 0 Å². The molecule has 1 aliphatic rings. The Morgan fingerprint density at radius 1 is 1.33 bits per heavy atom. The largest absolute Gasteiger partial charge is 0.395 e. The lowest BCUT2D eigenvalue weighted by molar-refractivity contribution is 0.0885. The maximum Gasteiger partial charge on any atom is 0.0558 e. The molecular formula is C12H26N2O. The van der Waals surface area contributed by atoms with Crippen molar-refractivity contribution in [2.45, 2.75) is 45.6 Å². The standard InChI is InChI=1S/C12H26N2O/c1-12(2,10-13)6-7-14(8-9-15)11-4-3-5-11/h11,15H,3-10,13H2,1-2H3. The van der Waals surface area contributed by atoms with Crippen LogP contribution in [0.15, 0.2) is 0 Å². The van der Waals surface area contributed by atoms with Gasteiger partial charge in [0, 0.05) is 12.6 Å². The van der Waals surface area contributed by atoms with Gasteiger partial charge in [0.05, 0.1) is 6.61 Å². The third-order valence-corrected chi connectivity index (χ3v) is 3.61. The third-order valence-electron chi connectivity index (χ3n) is 3.61. The minimum atomic E-state index is 0.234. The first-order valence-corrected chi connectivity index (χ1v) is 6.14. The predicted octanol–water partition coefficient (Wildman–Crippen LogP) is 1.21. The molecule has 0 aromatic rings. The van der Waals surface area contributed by atoms with E-state index in [1.807, 2.05) is 0 Å². The number of aliphatic hydroxyl groups excluding tert-OH is 1. The van der Waals surface area contributed by atoms with Gasteiger partial charge in [-0.05, 0) is 37.8 Å². The molecule has 0 spiro atoms. The highest BCUT2D eigenvalue weighted by Crippen LogP contribution is 2.26. The zero-order chi connectivity index (χ0) is 11.3. The number of nitrogens with zero attached hydrogens (tertiary/aromatic N) is 1. The van der Waals surface area contributed by atoms with Crippen LogP contribution in [-0.2, 0) is 0 Å². The molecule has 1 fully saturated rings. The molecular weight excluding hydrogens is 188 g/mol. The molecule has 0 heterocycles. The maximum atomic E-state index is 9.03. The molecule has 1 aliphatic carbocycles. The third kappa shape index (κ3) is 4.09. The van der Waals surface area contributed by atoms with E-state index in [0.29, 0.717) is 0 Å². The quantitative estimate of drug-likeness (QED) is 0.669. The van der Waals surface area contributed by atoms with Gasteiger partial charge in [0.15, 0.2) is 0 Å². The second-order valence-corrected chi connectivity index (χ2v) is 5.46. The first-order chi connectivity index (χ1) is 7.09. The molecule has 3 N–H and O–H groups in total. The van der Waals surface area contributed by atoms with Crippen LogP contribution in [0.1, 0.15) is 39.5 Å². The van der Waals surface area contributed by atoms with E-state index in [9.17, 15) is 0 Å². The first-order valence-electron chi connectivity index (χ1n) is 6.14. The molecule has 1 rings (SSSR count). The molecule has 0 radical (unpaired) electrons. The highest BCUT2D eigenvalue weighted by molar-refractivity contribution is 4.81. The second-order valence-electron chi connectivity index (χ2n) is 5.46. The lowest BCUT2D eigenvalue weighted by Crippen LogP contribution is -2.43. The summed E-state index contributed by atoms with van der Waals surface area (Å²) >= 11 is 0. The van der Waals surface area contributed by atoms with E-state index < -0.39 is 0 Å². The van der Waals surface area contributed by atoms with Crippen LogP contribution in [0, 0.1) is 5.41 Å². The van der Waals surface area contributed by atoms with E-state index in [1.165, 1.54) is 19.3 Å². The number of rotatable bonds is 7. The van der Waals surface area contributed by atoms with Gasteiger partial charge in [0.2, 0.25) is 0 Å². The molecule has 15 heavy (non-hydrogen) atoms. The Morgan fingerprint density at radius 2 is 2.00 bits per heavy atom. The van der Waals surface area contributed by atoms with Gasteiger partial charge in [-0.3, -0.25) is 4.90 Å². The van der Waals surface area contributed by atoms with Crippen molar-refractivity contribution in [3.8, 4) is 0 Å². The van der Waals surface area contributed by atoms with E-state index in [4.69, 9.17) is 10.8 Å². The Morgan fingerprint density at radius 3 is 2.40 bits per heavy atom. The number of aliphatic hydroxyl groups is 1. The summed E-state index contributed by atoms with van der Waals surface area (Å²) in [5, 5.41) is 9.03. The van der Waals surface area contributed by atoms with E-state index in [1.54, 1.807) is 0 Å². The van der Waals surface area contributed by atoms with Crippen LogP contribution in [0.2, 0.25) is 0 Å². The summed E-state index contributed by atoms with van der Waals surface area (Å²) in [5.74, 6) is 0. The minimum absolute atomic E-state index is 0.234. The summed E-state index contributed by atoms with van der Waals surface area (Å²) in [6.45, 7) is 7.35. The van der Waals surface area contributed by atoms with Crippen LogP contribution in [-0.4, -0.2) is 42.3 Å². The molecule has 3 heteroatoms. The predicted molar refractivity (Wildman–Crippen MR) is 63.8 cm³/mol. The van der Waals surface area contributed by atoms with E-state index in [2.05, 4.69) is 18.7 Å². The fourth-order valence-electron chi connectivity index (χ4n) is 1.91. The average molecular weight is 214 g/mol. The zero-order valence-corrected chi connectivity index (χ0v) is 10.2. The monoisotopic (exact) mass is 214 g/mol. The Bertz CT molecular complexity index is 178. The molecule has 0 aromatic heterocycles. The van der Waals surface area contributed by atoms with Crippen molar-refractivity contribution in [2.75, 3.05) is 26.2 Å². The van der Waals surface area contributed by atoms with Crippen LogP contribution in [0.5, 0.6) is 0 Å².